The van der Waals surface area contributed by atoms with E-state index in [0.717, 1.165) is 29.3 Å². The summed E-state index contributed by atoms with van der Waals surface area (Å²) in [5.41, 5.74) is 0.964. The summed E-state index contributed by atoms with van der Waals surface area (Å²) >= 11 is 1.54. The minimum absolute atomic E-state index is 0.0746. The van der Waals surface area contributed by atoms with Crippen LogP contribution in [0.1, 0.15) is 35.2 Å². The number of aromatic nitrogens is 3. The molecule has 0 spiro atoms. The quantitative estimate of drug-likeness (QED) is 0.782. The number of H-pyrrole nitrogens is 1. The first-order chi connectivity index (χ1) is 12.6. The van der Waals surface area contributed by atoms with Crippen molar-refractivity contribution in [3.63, 3.8) is 0 Å². The van der Waals surface area contributed by atoms with E-state index in [4.69, 9.17) is 0 Å². The number of carboxylic acids is 1. The van der Waals surface area contributed by atoms with Crippen molar-refractivity contribution in [2.24, 2.45) is 11.3 Å². The van der Waals surface area contributed by atoms with E-state index < -0.39 is 11.4 Å². The van der Waals surface area contributed by atoms with Gasteiger partial charge in [-0.3, -0.25) is 14.7 Å². The summed E-state index contributed by atoms with van der Waals surface area (Å²) in [5, 5.41) is 17.0. The summed E-state index contributed by atoms with van der Waals surface area (Å²) in [6.45, 7) is 0.878. The summed E-state index contributed by atoms with van der Waals surface area (Å²) in [5.74, 6) is -0.0107. The Balaban J connectivity index is 1.41. The molecule has 0 bridgehead atoms. The Kier molecular flexibility index (Phi) is 4.44. The summed E-state index contributed by atoms with van der Waals surface area (Å²) < 4.78 is 0. The van der Waals surface area contributed by atoms with Gasteiger partial charge in [0.25, 0.3) is 5.91 Å². The molecule has 1 saturated carbocycles. The van der Waals surface area contributed by atoms with E-state index in [9.17, 15) is 14.7 Å². The highest BCUT2D eigenvalue weighted by atomic mass is 32.2. The van der Waals surface area contributed by atoms with Crippen molar-refractivity contribution >= 4 is 23.6 Å². The number of hydrogen-bond acceptors (Lipinski definition) is 5. The van der Waals surface area contributed by atoms with Gasteiger partial charge in [-0.2, -0.15) is 5.10 Å². The molecule has 4 rings (SSSR count). The molecule has 2 aliphatic rings. The van der Waals surface area contributed by atoms with Gasteiger partial charge in [0.1, 0.15) is 6.33 Å². The lowest BCUT2D eigenvalue weighted by Crippen LogP contribution is -2.37. The maximum atomic E-state index is 12.8. The average Bonchev–Trinajstić information content (AvgIpc) is 3.35. The Morgan fingerprint density at radius 3 is 2.81 bits per heavy atom. The molecule has 2 fully saturated rings. The van der Waals surface area contributed by atoms with Gasteiger partial charge < -0.3 is 10.0 Å². The van der Waals surface area contributed by atoms with Crippen LogP contribution < -0.4 is 0 Å². The van der Waals surface area contributed by atoms with Crippen LogP contribution in [-0.4, -0.2) is 50.2 Å². The zero-order valence-corrected chi connectivity index (χ0v) is 15.0. The van der Waals surface area contributed by atoms with Crippen LogP contribution in [0, 0.1) is 11.3 Å². The number of thioether (sulfide) groups is 1. The average molecular weight is 372 g/mol. The van der Waals surface area contributed by atoms with Crippen LogP contribution in [0.3, 0.4) is 0 Å². The maximum absolute atomic E-state index is 12.8. The SMILES string of the molecule is O=C(c1ccc(CSc2ncn[nH]2)cc1)N1C[C@@H]2CCC[C@@]2(C(=O)O)C1. The van der Waals surface area contributed by atoms with E-state index in [1.54, 1.807) is 16.7 Å². The zero-order chi connectivity index (χ0) is 18.1. The Morgan fingerprint density at radius 1 is 1.35 bits per heavy atom. The fraction of sp³-hybridized carbons (Fsp3) is 0.444. The molecule has 1 aromatic carbocycles. The van der Waals surface area contributed by atoms with Gasteiger partial charge in [0.2, 0.25) is 0 Å². The number of carbonyl (C=O) groups is 2. The Labute approximate surface area is 155 Å². The molecule has 1 amide bonds. The Morgan fingerprint density at radius 2 is 2.15 bits per heavy atom. The molecule has 1 aromatic heterocycles. The smallest absolute Gasteiger partial charge is 0.311 e. The number of nitrogens with zero attached hydrogens (tertiary/aromatic N) is 3. The Bertz CT molecular complexity index is 808. The van der Waals surface area contributed by atoms with E-state index >= 15 is 0 Å². The summed E-state index contributed by atoms with van der Waals surface area (Å²) in [6, 6.07) is 7.50. The number of fused-ring (bicyclic) bond motifs is 1. The van der Waals surface area contributed by atoms with Crippen LogP contribution in [0.5, 0.6) is 0 Å². The summed E-state index contributed by atoms with van der Waals surface area (Å²) in [4.78, 5) is 30.4. The molecule has 26 heavy (non-hydrogen) atoms. The molecule has 0 radical (unpaired) electrons. The van der Waals surface area contributed by atoms with Crippen molar-refractivity contribution in [2.75, 3.05) is 13.1 Å². The largest absolute Gasteiger partial charge is 0.481 e. The number of aromatic amines is 1. The fourth-order valence-corrected chi connectivity index (χ4v) is 4.87. The number of likely N-dealkylation sites (tertiary alicyclic amines) is 1. The molecule has 2 atom stereocenters. The fourth-order valence-electron chi connectivity index (χ4n) is 4.14. The molecule has 2 aromatic rings. The van der Waals surface area contributed by atoms with Crippen LogP contribution >= 0.6 is 11.8 Å². The van der Waals surface area contributed by atoms with Crippen molar-refractivity contribution in [1.29, 1.82) is 0 Å². The van der Waals surface area contributed by atoms with Crippen LogP contribution in [-0.2, 0) is 10.5 Å². The lowest BCUT2D eigenvalue weighted by Gasteiger charge is -2.23. The third-order valence-corrected chi connectivity index (χ3v) is 6.50. The molecule has 7 nitrogen and oxygen atoms in total. The van der Waals surface area contributed by atoms with Crippen molar-refractivity contribution in [3.05, 3.63) is 41.7 Å². The van der Waals surface area contributed by atoms with Crippen molar-refractivity contribution in [2.45, 2.75) is 30.2 Å². The molecule has 1 saturated heterocycles. The van der Waals surface area contributed by atoms with Gasteiger partial charge in [-0.15, -0.1) is 0 Å². The topological polar surface area (TPSA) is 99.2 Å². The first-order valence-corrected chi connectivity index (χ1v) is 9.67. The van der Waals surface area contributed by atoms with E-state index in [0.29, 0.717) is 25.1 Å². The monoisotopic (exact) mass is 372 g/mol. The highest BCUT2D eigenvalue weighted by Crippen LogP contribution is 2.49. The molecular weight excluding hydrogens is 352 g/mol. The highest BCUT2D eigenvalue weighted by molar-refractivity contribution is 7.98. The van der Waals surface area contributed by atoms with E-state index in [-0.39, 0.29) is 11.8 Å². The molecule has 136 valence electrons. The molecule has 2 N–H and O–H groups in total. The van der Waals surface area contributed by atoms with Crippen LogP contribution in [0.4, 0.5) is 0 Å². The highest BCUT2D eigenvalue weighted by Gasteiger charge is 2.55. The van der Waals surface area contributed by atoms with Crippen LogP contribution in [0.25, 0.3) is 0 Å². The van der Waals surface area contributed by atoms with Gasteiger partial charge in [-0.25, -0.2) is 4.98 Å². The number of benzene rings is 1. The van der Waals surface area contributed by atoms with Gasteiger partial charge in [0.15, 0.2) is 5.16 Å². The first-order valence-electron chi connectivity index (χ1n) is 8.68. The standard InChI is InChI=1S/C18H20N4O3S/c23-15(22-8-14-2-1-7-18(14,10-22)16(24)25)13-5-3-12(4-6-13)9-26-17-19-11-20-21-17/h3-6,11,14H,1-2,7-10H2,(H,24,25)(H,19,20,21)/t14-,18+/m0/s1. The number of hydrogen-bond donors (Lipinski definition) is 2. The lowest BCUT2D eigenvalue weighted by atomic mass is 9.81. The summed E-state index contributed by atoms with van der Waals surface area (Å²) in [7, 11) is 0. The van der Waals surface area contributed by atoms with Gasteiger partial charge in [0, 0.05) is 24.4 Å². The van der Waals surface area contributed by atoms with Crippen LogP contribution in [0.15, 0.2) is 35.7 Å². The molecule has 1 aliphatic carbocycles. The number of aliphatic carboxylic acids is 1. The lowest BCUT2D eigenvalue weighted by molar-refractivity contribution is -0.149. The van der Waals surface area contributed by atoms with Gasteiger partial charge >= 0.3 is 5.97 Å². The Hall–Kier alpha value is -2.35. The van der Waals surface area contributed by atoms with Crippen molar-refractivity contribution in [1.82, 2.24) is 20.1 Å². The predicted octanol–water partition coefficient (Wildman–Crippen LogP) is 2.42. The minimum Gasteiger partial charge on any atom is -0.481 e. The molecule has 2 heterocycles. The second kappa shape index (κ2) is 6.75. The van der Waals surface area contributed by atoms with Gasteiger partial charge in [-0.05, 0) is 36.5 Å². The molecule has 8 heteroatoms. The van der Waals surface area contributed by atoms with E-state index in [1.165, 1.54) is 6.33 Å². The van der Waals surface area contributed by atoms with Gasteiger partial charge in [-0.1, -0.05) is 30.3 Å². The van der Waals surface area contributed by atoms with Gasteiger partial charge in [0.05, 0.1) is 5.41 Å². The van der Waals surface area contributed by atoms with Crippen molar-refractivity contribution in [3.8, 4) is 0 Å². The van der Waals surface area contributed by atoms with E-state index in [1.807, 2.05) is 24.3 Å². The first kappa shape index (κ1) is 17.1. The predicted molar refractivity (Wildman–Crippen MR) is 95.7 cm³/mol. The maximum Gasteiger partial charge on any atom is 0.311 e. The summed E-state index contributed by atoms with van der Waals surface area (Å²) in [6.07, 6.45) is 3.98. The normalized spacial score (nSPS) is 24.6. The number of carbonyl (C=O) groups excluding carboxylic acids is 1. The number of nitrogens with one attached hydrogen (secondary N) is 1. The number of rotatable bonds is 5. The second-order valence-electron chi connectivity index (χ2n) is 7.01. The third kappa shape index (κ3) is 2.98. The molecule has 1 aliphatic heterocycles. The number of amides is 1. The molecule has 0 unspecified atom stereocenters. The third-order valence-electron chi connectivity index (χ3n) is 5.55. The molecular formula is C18H20N4O3S. The zero-order valence-electron chi connectivity index (χ0n) is 14.2. The van der Waals surface area contributed by atoms with E-state index in [2.05, 4.69) is 15.2 Å². The second-order valence-corrected chi connectivity index (χ2v) is 7.98. The minimum atomic E-state index is -0.755. The number of carboxylic acid groups (broad SMARTS) is 1. The van der Waals surface area contributed by atoms with Crippen LogP contribution in [0.2, 0.25) is 0 Å². The van der Waals surface area contributed by atoms with Crippen molar-refractivity contribution < 1.29 is 14.7 Å².